The monoisotopic (exact) mass is 281 g/mol. The topological polar surface area (TPSA) is 28.2 Å². The van der Waals surface area contributed by atoms with Gasteiger partial charge in [-0.15, -0.1) is 0 Å². The molecule has 1 N–H and O–H groups in total. The number of anilines is 2. The van der Waals surface area contributed by atoms with Gasteiger partial charge in [-0.25, -0.2) is 4.98 Å². The highest BCUT2D eigenvalue weighted by molar-refractivity contribution is 5.65. The highest BCUT2D eigenvalue weighted by Crippen LogP contribution is 2.26. The number of aryl methyl sites for hydroxylation is 2. The molecule has 0 radical (unpaired) electrons. The van der Waals surface area contributed by atoms with Crippen LogP contribution in [-0.4, -0.2) is 18.1 Å². The van der Waals surface area contributed by atoms with Gasteiger partial charge < -0.3 is 10.2 Å². The van der Waals surface area contributed by atoms with Crippen LogP contribution in [0.15, 0.2) is 36.5 Å². The van der Waals surface area contributed by atoms with Crippen molar-refractivity contribution in [1.82, 2.24) is 4.98 Å². The zero-order chi connectivity index (χ0) is 14.7. The van der Waals surface area contributed by atoms with E-state index in [9.17, 15) is 0 Å². The average Bonchev–Trinajstić information content (AvgIpc) is 3.01. The SMILES string of the molecule is Cc1ccc(CNc2cccnc2N2CCCC2)c(C)c1. The first-order chi connectivity index (χ1) is 10.2. The van der Waals surface area contributed by atoms with Crippen molar-refractivity contribution in [2.24, 2.45) is 0 Å². The molecule has 0 atom stereocenters. The van der Waals surface area contributed by atoms with Crippen molar-refractivity contribution >= 4 is 11.5 Å². The molecule has 1 aromatic heterocycles. The van der Waals surface area contributed by atoms with E-state index in [-0.39, 0.29) is 0 Å². The third kappa shape index (κ3) is 3.18. The van der Waals surface area contributed by atoms with E-state index in [4.69, 9.17) is 0 Å². The maximum absolute atomic E-state index is 4.57. The summed E-state index contributed by atoms with van der Waals surface area (Å²) < 4.78 is 0. The predicted molar refractivity (Wildman–Crippen MR) is 88.9 cm³/mol. The number of nitrogens with zero attached hydrogens (tertiary/aromatic N) is 2. The molecule has 1 aromatic carbocycles. The van der Waals surface area contributed by atoms with Gasteiger partial charge in [-0.1, -0.05) is 23.8 Å². The van der Waals surface area contributed by atoms with Crippen LogP contribution in [0.1, 0.15) is 29.5 Å². The summed E-state index contributed by atoms with van der Waals surface area (Å²) in [6.07, 6.45) is 4.43. The molecule has 1 aliphatic rings. The zero-order valence-electron chi connectivity index (χ0n) is 12.9. The predicted octanol–water partition coefficient (Wildman–Crippen LogP) is 3.91. The number of pyridine rings is 1. The molecule has 0 unspecified atom stereocenters. The standard InChI is InChI=1S/C18H23N3/c1-14-7-8-16(15(2)12-14)13-20-17-6-5-9-19-18(17)21-10-3-4-11-21/h5-9,12,20H,3-4,10-11,13H2,1-2H3. The van der Waals surface area contributed by atoms with E-state index in [0.29, 0.717) is 0 Å². The van der Waals surface area contributed by atoms with Gasteiger partial charge in [0.05, 0.1) is 5.69 Å². The van der Waals surface area contributed by atoms with Gasteiger partial charge in [0.15, 0.2) is 5.82 Å². The Bertz CT molecular complexity index is 616. The third-order valence-electron chi connectivity index (χ3n) is 4.16. The Morgan fingerprint density at radius 2 is 1.95 bits per heavy atom. The molecule has 0 saturated carbocycles. The molecule has 1 saturated heterocycles. The molecule has 0 spiro atoms. The van der Waals surface area contributed by atoms with Gasteiger partial charge in [0.25, 0.3) is 0 Å². The molecule has 3 rings (SSSR count). The number of hydrogen-bond acceptors (Lipinski definition) is 3. The molecule has 2 aromatic rings. The minimum atomic E-state index is 0.846. The quantitative estimate of drug-likeness (QED) is 0.921. The van der Waals surface area contributed by atoms with Crippen molar-refractivity contribution in [2.75, 3.05) is 23.3 Å². The Morgan fingerprint density at radius 1 is 1.14 bits per heavy atom. The molecule has 1 aliphatic heterocycles. The van der Waals surface area contributed by atoms with Crippen molar-refractivity contribution < 1.29 is 0 Å². The van der Waals surface area contributed by atoms with E-state index >= 15 is 0 Å². The summed E-state index contributed by atoms with van der Waals surface area (Å²) in [4.78, 5) is 6.95. The lowest BCUT2D eigenvalue weighted by Crippen LogP contribution is -2.20. The van der Waals surface area contributed by atoms with E-state index in [2.05, 4.69) is 53.3 Å². The number of rotatable bonds is 4. The summed E-state index contributed by atoms with van der Waals surface area (Å²) in [7, 11) is 0. The molecule has 0 aliphatic carbocycles. The number of hydrogen-bond donors (Lipinski definition) is 1. The molecule has 3 heteroatoms. The fourth-order valence-electron chi connectivity index (χ4n) is 2.95. The second-order valence-corrected chi connectivity index (χ2v) is 5.85. The van der Waals surface area contributed by atoms with Crippen LogP contribution in [0.2, 0.25) is 0 Å². The molecule has 0 bridgehead atoms. The maximum atomic E-state index is 4.57. The summed E-state index contributed by atoms with van der Waals surface area (Å²) in [5, 5.41) is 3.56. The molecular formula is C18H23N3. The van der Waals surface area contributed by atoms with Crippen molar-refractivity contribution in [3.63, 3.8) is 0 Å². The molecule has 21 heavy (non-hydrogen) atoms. The zero-order valence-corrected chi connectivity index (χ0v) is 12.9. The van der Waals surface area contributed by atoms with Crippen LogP contribution < -0.4 is 10.2 Å². The molecule has 3 nitrogen and oxygen atoms in total. The average molecular weight is 281 g/mol. The third-order valence-corrected chi connectivity index (χ3v) is 4.16. The second-order valence-electron chi connectivity index (χ2n) is 5.85. The second kappa shape index (κ2) is 6.17. The molecular weight excluding hydrogens is 258 g/mol. The first-order valence-electron chi connectivity index (χ1n) is 7.74. The summed E-state index contributed by atoms with van der Waals surface area (Å²) in [6.45, 7) is 7.40. The minimum absolute atomic E-state index is 0.846. The van der Waals surface area contributed by atoms with Crippen molar-refractivity contribution in [3.8, 4) is 0 Å². The van der Waals surface area contributed by atoms with Crippen LogP contribution in [0.5, 0.6) is 0 Å². The lowest BCUT2D eigenvalue weighted by molar-refractivity contribution is 0.934. The van der Waals surface area contributed by atoms with E-state index in [1.807, 2.05) is 12.3 Å². The van der Waals surface area contributed by atoms with Crippen molar-refractivity contribution in [1.29, 1.82) is 0 Å². The highest BCUT2D eigenvalue weighted by Gasteiger charge is 2.16. The van der Waals surface area contributed by atoms with Gasteiger partial charge in [-0.2, -0.15) is 0 Å². The van der Waals surface area contributed by atoms with Crippen LogP contribution >= 0.6 is 0 Å². The molecule has 2 heterocycles. The lowest BCUT2D eigenvalue weighted by Gasteiger charge is -2.20. The van der Waals surface area contributed by atoms with Gasteiger partial charge in [-0.3, -0.25) is 0 Å². The van der Waals surface area contributed by atoms with Crippen LogP contribution in [0.3, 0.4) is 0 Å². The largest absolute Gasteiger partial charge is 0.378 e. The summed E-state index contributed by atoms with van der Waals surface area (Å²) >= 11 is 0. The van der Waals surface area contributed by atoms with Crippen LogP contribution in [0, 0.1) is 13.8 Å². The van der Waals surface area contributed by atoms with E-state index in [0.717, 1.165) is 31.1 Å². The minimum Gasteiger partial charge on any atom is -0.378 e. The summed E-state index contributed by atoms with van der Waals surface area (Å²) in [5.41, 5.74) is 5.14. The summed E-state index contributed by atoms with van der Waals surface area (Å²) in [6, 6.07) is 10.8. The van der Waals surface area contributed by atoms with Crippen molar-refractivity contribution in [2.45, 2.75) is 33.2 Å². The Morgan fingerprint density at radius 3 is 2.71 bits per heavy atom. The number of nitrogens with one attached hydrogen (secondary N) is 1. The fourth-order valence-corrected chi connectivity index (χ4v) is 2.95. The first-order valence-corrected chi connectivity index (χ1v) is 7.74. The van der Waals surface area contributed by atoms with Gasteiger partial charge in [0.1, 0.15) is 0 Å². The van der Waals surface area contributed by atoms with Crippen LogP contribution in [0.4, 0.5) is 11.5 Å². The summed E-state index contributed by atoms with van der Waals surface area (Å²) in [5.74, 6) is 1.10. The smallest absolute Gasteiger partial charge is 0.151 e. The Kier molecular flexibility index (Phi) is 4.09. The number of benzene rings is 1. The highest BCUT2D eigenvalue weighted by atomic mass is 15.2. The van der Waals surface area contributed by atoms with Gasteiger partial charge in [0, 0.05) is 25.8 Å². The molecule has 0 amide bonds. The van der Waals surface area contributed by atoms with Crippen LogP contribution in [0.25, 0.3) is 0 Å². The Hall–Kier alpha value is -2.03. The van der Waals surface area contributed by atoms with E-state index in [1.54, 1.807) is 0 Å². The lowest BCUT2D eigenvalue weighted by atomic mass is 10.1. The fraction of sp³-hybridized carbons (Fsp3) is 0.389. The van der Waals surface area contributed by atoms with E-state index in [1.165, 1.54) is 29.5 Å². The first kappa shape index (κ1) is 13.9. The maximum Gasteiger partial charge on any atom is 0.151 e. The molecule has 110 valence electrons. The number of aromatic nitrogens is 1. The Balaban J connectivity index is 1.75. The van der Waals surface area contributed by atoms with Gasteiger partial charge in [-0.05, 0) is 49.9 Å². The Labute approximate surface area is 127 Å². The van der Waals surface area contributed by atoms with Crippen molar-refractivity contribution in [3.05, 3.63) is 53.2 Å². The molecule has 1 fully saturated rings. The normalized spacial score (nSPS) is 14.5. The van der Waals surface area contributed by atoms with E-state index < -0.39 is 0 Å². The van der Waals surface area contributed by atoms with Crippen LogP contribution in [-0.2, 0) is 6.54 Å². The van der Waals surface area contributed by atoms with Gasteiger partial charge >= 0.3 is 0 Å². The van der Waals surface area contributed by atoms with Gasteiger partial charge in [0.2, 0.25) is 0 Å².